The maximum Gasteiger partial charge on any atom is 0.195 e. The first kappa shape index (κ1) is 52.5. The molecule has 0 spiro atoms. The second kappa shape index (κ2) is 40.0. The van der Waals surface area contributed by atoms with Crippen molar-refractivity contribution in [3.63, 3.8) is 0 Å². The van der Waals surface area contributed by atoms with E-state index in [-0.39, 0.29) is 73.8 Å². The Morgan fingerprint density at radius 3 is 0.500 bits per heavy atom. The molecule has 0 bridgehead atoms. The average Bonchev–Trinajstić information content (AvgIpc) is 2.60. The predicted octanol–water partition coefficient (Wildman–Crippen LogP) is 6.75. The Bertz CT molecular complexity index is 422. The summed E-state index contributed by atoms with van der Waals surface area (Å²) in [6.07, 6.45) is 0. The molecule has 0 fully saturated rings. The Morgan fingerprint density at radius 1 is 0.400 bits per heavy atom. The number of nitrogens with zero attached hydrogens (tertiary/aromatic N) is 4. The first-order valence-corrected chi connectivity index (χ1v) is 18.4. The van der Waals surface area contributed by atoms with Crippen LogP contribution in [0.4, 0.5) is 0 Å². The van der Waals surface area contributed by atoms with Crippen LogP contribution in [0, 0.1) is 47.3 Å². The fourth-order valence-electron chi connectivity index (χ4n) is 3.00. The van der Waals surface area contributed by atoms with Gasteiger partial charge in [-0.3, -0.25) is 0 Å². The van der Waals surface area contributed by atoms with Crippen molar-refractivity contribution in [3.8, 4) is 0 Å². The monoisotopic (exact) mass is 850 g/mol. The van der Waals surface area contributed by atoms with Crippen LogP contribution in [0.15, 0.2) is 21.3 Å². The van der Waals surface area contributed by atoms with Gasteiger partial charge in [0.15, 0.2) is 10.1 Å². The molecular formula is C20H40N4P4Pt2. The summed E-state index contributed by atoms with van der Waals surface area (Å²) in [4.78, 5) is 0. The van der Waals surface area contributed by atoms with Crippen LogP contribution in [0.5, 0.6) is 0 Å². The van der Waals surface area contributed by atoms with Gasteiger partial charge in [0.25, 0.3) is 0 Å². The molecule has 0 unspecified atom stereocenters. The molecule has 0 aliphatic rings. The molecule has 0 aliphatic carbocycles. The van der Waals surface area contributed by atoms with Gasteiger partial charge in [-0.05, 0) is 27.7 Å². The summed E-state index contributed by atoms with van der Waals surface area (Å²) in [6.45, 7) is 47.2. The van der Waals surface area contributed by atoms with E-state index >= 15 is 0 Å². The van der Waals surface area contributed by atoms with Crippen LogP contribution in [0.3, 0.4) is 0 Å². The molecule has 0 radical (unpaired) electrons. The molecule has 180 valence electrons. The van der Waals surface area contributed by atoms with Crippen molar-refractivity contribution >= 4 is 31.7 Å². The van der Waals surface area contributed by atoms with Crippen LogP contribution in [0.2, 0.25) is 0 Å². The van der Waals surface area contributed by atoms with E-state index in [1.54, 1.807) is 11.1 Å². The van der Waals surface area contributed by atoms with Gasteiger partial charge in [0.2, 0.25) is 0 Å². The van der Waals surface area contributed by atoms with Crippen LogP contribution >= 0.6 is 31.7 Å². The second-order valence-electron chi connectivity index (χ2n) is 6.75. The summed E-state index contributed by atoms with van der Waals surface area (Å²) in [5.74, 6) is 0. The second-order valence-corrected chi connectivity index (χ2v) is 17.8. The van der Waals surface area contributed by atoms with Crippen molar-refractivity contribution in [2.45, 2.75) is 27.7 Å². The molecule has 0 saturated carbocycles. The van der Waals surface area contributed by atoms with Crippen molar-refractivity contribution in [1.29, 1.82) is 21.0 Å². The fraction of sp³-hybridized carbons (Fsp3) is 0.600. The van der Waals surface area contributed by atoms with E-state index in [9.17, 15) is 0 Å². The Kier molecular flexibility index (Phi) is 69.9. The molecule has 0 aromatic heterocycles. The Morgan fingerprint density at radius 2 is 0.500 bits per heavy atom. The zero-order valence-electron chi connectivity index (χ0n) is 20.4. The van der Waals surface area contributed by atoms with E-state index < -0.39 is 0 Å². The van der Waals surface area contributed by atoms with Crippen LogP contribution in [-0.2, 0) is 42.1 Å². The molecule has 0 aliphatic heterocycles. The smallest absolute Gasteiger partial charge is 0.195 e. The van der Waals surface area contributed by atoms with Gasteiger partial charge in [0.05, 0.1) is 85.0 Å². The summed E-state index contributed by atoms with van der Waals surface area (Å²) < 4.78 is 0. The molecule has 0 amide bonds. The molecule has 30 heavy (non-hydrogen) atoms. The quantitative estimate of drug-likeness (QED) is 0.231. The van der Waals surface area contributed by atoms with Crippen LogP contribution < -0.4 is 0 Å². The van der Waals surface area contributed by atoms with Crippen LogP contribution in [0.25, 0.3) is 0 Å². The van der Waals surface area contributed by atoms with Crippen molar-refractivity contribution in [1.82, 2.24) is 0 Å². The Labute approximate surface area is 222 Å². The molecule has 4 nitrogen and oxygen atoms in total. The number of rotatable bonds is 4. The normalized spacial score (nSPS) is 7.47. The molecule has 0 atom stereocenters. The average molecular weight is 851 g/mol. The van der Waals surface area contributed by atoms with Crippen molar-refractivity contribution in [2.24, 2.45) is 0 Å². The molecular weight excluding hydrogens is 810 g/mol. The summed E-state index contributed by atoms with van der Waals surface area (Å²) in [6, 6.07) is 0. The van der Waals surface area contributed by atoms with Crippen molar-refractivity contribution in [2.75, 3.05) is 53.3 Å². The first-order chi connectivity index (χ1) is 12.9. The van der Waals surface area contributed by atoms with Gasteiger partial charge in [-0.15, -0.1) is 0 Å². The standard InChI is InChI=1S/2C8H18P2.4CN.2Pt/c2*1-7(2)8(9(3)4)10(5)6;4*1-2;;/h2*1-6H3;;;;;;/q;;4*-1;;/p+4. The molecule has 0 rings (SSSR count). The third kappa shape index (κ3) is 35.9. The number of hydrogen-bond donors (Lipinski definition) is 0. The molecule has 10 heteroatoms. The minimum atomic E-state index is -0.147. The third-order valence-electron chi connectivity index (χ3n) is 3.00. The summed E-state index contributed by atoms with van der Waals surface area (Å²) in [7, 11) is -0.588. The zero-order valence-corrected chi connectivity index (χ0v) is 29.0. The maximum atomic E-state index is 6.25. The summed E-state index contributed by atoms with van der Waals surface area (Å²) >= 11 is 0. The van der Waals surface area contributed by atoms with Gasteiger partial charge in [-0.2, -0.15) is 0 Å². The predicted molar refractivity (Wildman–Crippen MR) is 137 cm³/mol. The van der Waals surface area contributed by atoms with Crippen molar-refractivity contribution < 1.29 is 42.1 Å². The maximum absolute atomic E-state index is 6.25. The number of hydrogen-bond acceptors (Lipinski definition) is 4. The van der Waals surface area contributed by atoms with E-state index in [0.717, 1.165) is 0 Å². The van der Waals surface area contributed by atoms with Gasteiger partial charge < -0.3 is 47.3 Å². The minimum absolute atomic E-state index is 0. The van der Waals surface area contributed by atoms with Gasteiger partial charge in [-0.1, -0.05) is 0 Å². The molecule has 0 heterocycles. The third-order valence-corrected chi connectivity index (χ3v) is 15.0. The van der Waals surface area contributed by atoms with Gasteiger partial charge in [0.1, 0.15) is 0 Å². The molecule has 0 N–H and O–H groups in total. The van der Waals surface area contributed by atoms with E-state index in [0.29, 0.717) is 0 Å². The fourth-order valence-corrected chi connectivity index (χ4v) is 15.0. The van der Waals surface area contributed by atoms with Gasteiger partial charge in [0, 0.05) is 53.3 Å². The van der Waals surface area contributed by atoms with Gasteiger partial charge in [-0.25, -0.2) is 0 Å². The SMILES string of the molecule is CC(C)=C([PH+](C)C)[PH+](C)C.CC(C)=C([PH+](C)C)[PH+](C)C.[C-]#N.[C-]#N.[C-]#N.[C-]#N.[Pt].[Pt]. The Hall–Kier alpha value is 0.537. The minimum Gasteiger partial charge on any atom is -0.512 e. The molecule has 0 aromatic rings. The van der Waals surface area contributed by atoms with E-state index in [1.165, 1.54) is 0 Å². The van der Waals surface area contributed by atoms with Crippen LogP contribution in [0.1, 0.15) is 27.7 Å². The zero-order chi connectivity index (χ0) is 24.6. The molecule has 0 aromatic carbocycles. The largest absolute Gasteiger partial charge is 0.512 e. The summed E-state index contributed by atoms with van der Waals surface area (Å²) in [5, 5.41) is 28.6. The van der Waals surface area contributed by atoms with Gasteiger partial charge >= 0.3 is 0 Å². The van der Waals surface area contributed by atoms with E-state index in [1.807, 2.05) is 10.1 Å². The van der Waals surface area contributed by atoms with E-state index in [2.05, 4.69) is 81.0 Å². The number of allylic oxidation sites excluding steroid dienone is 2. The van der Waals surface area contributed by atoms with Crippen LogP contribution in [-0.4, -0.2) is 53.3 Å². The summed E-state index contributed by atoms with van der Waals surface area (Å²) in [5.41, 5.74) is 3.16. The molecule has 0 saturated heterocycles. The topological polar surface area (TPSA) is 95.2 Å². The van der Waals surface area contributed by atoms with Crippen molar-refractivity contribution in [3.05, 3.63) is 47.5 Å². The Balaban J connectivity index is -0.0000000382. The van der Waals surface area contributed by atoms with E-state index in [4.69, 9.17) is 47.3 Å². The first-order valence-electron chi connectivity index (χ1n) is 8.39.